The van der Waals surface area contributed by atoms with Gasteiger partial charge >= 0.3 is 0 Å². The average molecular weight is 165 g/mol. The molecule has 0 nitrogen and oxygen atoms in total. The van der Waals surface area contributed by atoms with Crippen LogP contribution in [0.2, 0.25) is 0 Å². The predicted molar refractivity (Wildman–Crippen MR) is 49.2 cm³/mol. The van der Waals surface area contributed by atoms with E-state index in [2.05, 4.69) is 20.8 Å². The third kappa shape index (κ3) is 3.04. The van der Waals surface area contributed by atoms with Gasteiger partial charge in [-0.25, -0.2) is 4.39 Å². The van der Waals surface area contributed by atoms with Gasteiger partial charge in [0.25, 0.3) is 0 Å². The Morgan fingerprint density at radius 2 is 1.75 bits per heavy atom. The zero-order valence-electron chi connectivity index (χ0n) is 7.60. The minimum Gasteiger partial charge on any atom is -0.207 e. The van der Waals surface area contributed by atoms with Crippen molar-refractivity contribution < 1.29 is 4.39 Å². The quantitative estimate of drug-likeness (QED) is 0.631. The van der Waals surface area contributed by atoms with Crippen LogP contribution >= 0.6 is 0 Å². The summed E-state index contributed by atoms with van der Waals surface area (Å²) in [5, 5.41) is 0. The molecule has 0 saturated carbocycles. The Bertz CT molecular complexity index is 241. The Kier molecular flexibility index (Phi) is 2.51. The van der Waals surface area contributed by atoms with Crippen LogP contribution in [-0.4, -0.2) is 0 Å². The molecule has 65 valence electrons. The van der Waals surface area contributed by atoms with Gasteiger partial charge in [0.15, 0.2) is 0 Å². The topological polar surface area (TPSA) is 0 Å². The van der Waals surface area contributed by atoms with Crippen molar-refractivity contribution in [2.45, 2.75) is 20.3 Å². The van der Waals surface area contributed by atoms with Crippen LogP contribution in [0.3, 0.4) is 0 Å². The second-order valence-electron chi connectivity index (χ2n) is 3.97. The van der Waals surface area contributed by atoms with E-state index in [4.69, 9.17) is 0 Å². The van der Waals surface area contributed by atoms with Crippen LogP contribution in [0.4, 0.5) is 4.39 Å². The largest absolute Gasteiger partial charge is 0.207 e. The van der Waals surface area contributed by atoms with Crippen molar-refractivity contribution in [3.8, 4) is 0 Å². The molecule has 0 atom stereocenters. The van der Waals surface area contributed by atoms with E-state index in [1.807, 2.05) is 12.1 Å². The third-order valence-electron chi connectivity index (χ3n) is 1.60. The van der Waals surface area contributed by atoms with Gasteiger partial charge in [0.2, 0.25) is 0 Å². The van der Waals surface area contributed by atoms with Gasteiger partial charge in [-0.15, -0.1) is 0 Å². The smallest absolute Gasteiger partial charge is 0.123 e. The van der Waals surface area contributed by atoms with Crippen molar-refractivity contribution in [3.63, 3.8) is 0 Å². The Morgan fingerprint density at radius 3 is 2.17 bits per heavy atom. The number of rotatable bonds is 2. The minimum atomic E-state index is -0.180. The van der Waals surface area contributed by atoms with Crippen LogP contribution < -0.4 is 0 Å². The van der Waals surface area contributed by atoms with Crippen LogP contribution in [0, 0.1) is 18.2 Å². The summed E-state index contributed by atoms with van der Waals surface area (Å²) in [5.74, 6) is -0.180. The molecular weight excluding hydrogens is 151 g/mol. The third-order valence-corrected chi connectivity index (χ3v) is 1.60. The lowest BCUT2D eigenvalue weighted by Crippen LogP contribution is -2.09. The molecule has 0 aliphatic carbocycles. The van der Waals surface area contributed by atoms with Crippen molar-refractivity contribution in [3.05, 3.63) is 42.6 Å². The van der Waals surface area contributed by atoms with Crippen LogP contribution in [0.5, 0.6) is 0 Å². The van der Waals surface area contributed by atoms with Crippen molar-refractivity contribution in [2.24, 2.45) is 5.41 Å². The summed E-state index contributed by atoms with van der Waals surface area (Å²) >= 11 is 0. The maximum absolute atomic E-state index is 12.5. The fourth-order valence-corrected chi connectivity index (χ4v) is 1.15. The van der Waals surface area contributed by atoms with Gasteiger partial charge in [-0.05, 0) is 36.5 Å². The molecule has 0 amide bonds. The Morgan fingerprint density at radius 1 is 1.25 bits per heavy atom. The number of benzene rings is 1. The van der Waals surface area contributed by atoms with Gasteiger partial charge in [0.05, 0.1) is 0 Å². The fraction of sp³-hybridized carbons (Fsp3) is 0.364. The first kappa shape index (κ1) is 9.24. The molecule has 0 N–H and O–H groups in total. The van der Waals surface area contributed by atoms with Gasteiger partial charge in [0.1, 0.15) is 5.82 Å². The zero-order chi connectivity index (χ0) is 9.19. The van der Waals surface area contributed by atoms with Crippen LogP contribution in [0.25, 0.3) is 0 Å². The van der Waals surface area contributed by atoms with Gasteiger partial charge in [0, 0.05) is 0 Å². The molecule has 1 aromatic rings. The van der Waals surface area contributed by atoms with E-state index in [-0.39, 0.29) is 11.2 Å². The van der Waals surface area contributed by atoms with Crippen LogP contribution in [0.15, 0.2) is 24.3 Å². The summed E-state index contributed by atoms with van der Waals surface area (Å²) in [7, 11) is 0. The first-order valence-electron chi connectivity index (χ1n) is 4.07. The number of halogens is 1. The highest BCUT2D eigenvalue weighted by Gasteiger charge is 2.10. The molecule has 0 unspecified atom stereocenters. The molecule has 0 fully saturated rings. The molecule has 0 aliphatic heterocycles. The van der Waals surface area contributed by atoms with E-state index in [0.717, 1.165) is 12.0 Å². The Labute approximate surface area is 73.4 Å². The molecule has 0 saturated heterocycles. The summed E-state index contributed by atoms with van der Waals surface area (Å²) in [6.45, 7) is 8.13. The molecule has 0 aromatic heterocycles. The standard InChI is InChI=1S/C11H14F/c1-11(2,3)8-9-4-6-10(12)7-5-9/h4-7H,1,8H2,2-3H3. The summed E-state index contributed by atoms with van der Waals surface area (Å²) in [6.07, 6.45) is 0.882. The summed E-state index contributed by atoms with van der Waals surface area (Å²) in [6, 6.07) is 6.59. The van der Waals surface area contributed by atoms with Gasteiger partial charge in [-0.2, -0.15) is 0 Å². The normalized spacial score (nSPS) is 11.7. The first-order chi connectivity index (χ1) is 5.47. The minimum absolute atomic E-state index is 0.0256. The predicted octanol–water partition coefficient (Wildman–Crippen LogP) is 3.23. The van der Waals surface area contributed by atoms with Crippen molar-refractivity contribution in [1.82, 2.24) is 0 Å². The summed E-state index contributed by atoms with van der Waals surface area (Å²) < 4.78 is 12.5. The van der Waals surface area contributed by atoms with Crippen LogP contribution in [-0.2, 0) is 6.42 Å². The van der Waals surface area contributed by atoms with E-state index in [0.29, 0.717) is 0 Å². The monoisotopic (exact) mass is 165 g/mol. The number of hydrogen-bond acceptors (Lipinski definition) is 0. The highest BCUT2D eigenvalue weighted by atomic mass is 19.1. The lowest BCUT2D eigenvalue weighted by molar-refractivity contribution is 0.472. The lowest BCUT2D eigenvalue weighted by Gasteiger charge is -2.17. The molecule has 1 heteroatoms. The molecule has 0 spiro atoms. The molecule has 0 bridgehead atoms. The summed E-state index contributed by atoms with van der Waals surface area (Å²) in [5.41, 5.74) is 1.16. The molecule has 0 heterocycles. The molecule has 12 heavy (non-hydrogen) atoms. The second-order valence-corrected chi connectivity index (χ2v) is 3.97. The SMILES string of the molecule is [CH2]C(C)(C)Cc1ccc(F)cc1. The van der Waals surface area contributed by atoms with Crippen molar-refractivity contribution in [2.75, 3.05) is 0 Å². The van der Waals surface area contributed by atoms with Gasteiger partial charge < -0.3 is 0 Å². The Hall–Kier alpha value is -0.850. The second kappa shape index (κ2) is 3.26. The van der Waals surface area contributed by atoms with E-state index in [1.54, 1.807) is 0 Å². The molecule has 1 aromatic carbocycles. The lowest BCUT2D eigenvalue weighted by atomic mass is 9.88. The van der Waals surface area contributed by atoms with Gasteiger partial charge in [-0.3, -0.25) is 0 Å². The summed E-state index contributed by atoms with van der Waals surface area (Å²) in [4.78, 5) is 0. The van der Waals surface area contributed by atoms with E-state index in [1.165, 1.54) is 12.1 Å². The van der Waals surface area contributed by atoms with Crippen molar-refractivity contribution >= 4 is 0 Å². The molecular formula is C11H14F. The average Bonchev–Trinajstić information content (AvgIpc) is 1.91. The molecule has 1 rings (SSSR count). The first-order valence-corrected chi connectivity index (χ1v) is 4.07. The highest BCUT2D eigenvalue weighted by Crippen LogP contribution is 2.19. The molecule has 1 radical (unpaired) electrons. The van der Waals surface area contributed by atoms with Crippen LogP contribution in [0.1, 0.15) is 19.4 Å². The fourth-order valence-electron chi connectivity index (χ4n) is 1.15. The van der Waals surface area contributed by atoms with Crippen molar-refractivity contribution in [1.29, 1.82) is 0 Å². The Balaban J connectivity index is 2.71. The van der Waals surface area contributed by atoms with Gasteiger partial charge in [-0.1, -0.05) is 26.0 Å². The number of hydrogen-bond donors (Lipinski definition) is 0. The van der Waals surface area contributed by atoms with E-state index in [9.17, 15) is 4.39 Å². The maximum Gasteiger partial charge on any atom is 0.123 e. The van der Waals surface area contributed by atoms with E-state index >= 15 is 0 Å². The zero-order valence-corrected chi connectivity index (χ0v) is 7.60. The highest BCUT2D eigenvalue weighted by molar-refractivity contribution is 5.17. The maximum atomic E-state index is 12.5. The molecule has 0 aliphatic rings. The van der Waals surface area contributed by atoms with E-state index < -0.39 is 0 Å².